The molecule has 0 atom stereocenters. The number of H-pyrrole nitrogens is 1. The first-order valence-electron chi connectivity index (χ1n) is 7.76. The van der Waals surface area contributed by atoms with Crippen LogP contribution in [0.25, 0.3) is 22.2 Å². The van der Waals surface area contributed by atoms with Crippen LogP contribution >= 0.6 is 0 Å². The van der Waals surface area contributed by atoms with Gasteiger partial charge in [0.15, 0.2) is 0 Å². The summed E-state index contributed by atoms with van der Waals surface area (Å²) in [6.45, 7) is 5.36. The van der Waals surface area contributed by atoms with E-state index in [4.69, 9.17) is 9.47 Å². The van der Waals surface area contributed by atoms with Crippen LogP contribution in [0.3, 0.4) is 0 Å². The highest BCUT2D eigenvalue weighted by molar-refractivity contribution is 5.96. The first-order valence-corrected chi connectivity index (χ1v) is 7.76. The minimum Gasteiger partial charge on any atom is -0.497 e. The number of aromatic amines is 1. The summed E-state index contributed by atoms with van der Waals surface area (Å²) in [7, 11) is 1.57. The van der Waals surface area contributed by atoms with E-state index < -0.39 is 11.7 Å². The smallest absolute Gasteiger partial charge is 0.419 e. The van der Waals surface area contributed by atoms with Gasteiger partial charge in [0, 0.05) is 11.6 Å². The molecule has 7 nitrogen and oxygen atoms in total. The minimum absolute atomic E-state index is 0.281. The van der Waals surface area contributed by atoms with E-state index in [1.165, 1.54) is 17.1 Å². The van der Waals surface area contributed by atoms with E-state index in [-0.39, 0.29) is 11.1 Å². The third kappa shape index (κ3) is 3.26. The fourth-order valence-corrected chi connectivity index (χ4v) is 2.55. The maximum absolute atomic E-state index is 12.8. The van der Waals surface area contributed by atoms with Crippen LogP contribution in [0.1, 0.15) is 20.8 Å². The number of hydrogen-bond acceptors (Lipinski definition) is 5. The van der Waals surface area contributed by atoms with Crippen LogP contribution in [0.2, 0.25) is 0 Å². The Bertz CT molecular complexity index is 995. The molecule has 0 fully saturated rings. The standard InChI is InChI=1S/C18H19N3O4/c1-18(2,3)25-17(23)21-14-6-5-12(24-4)7-11(14)8-15(21)13-9-19-10-20-16(13)22/h5-10H,1-4H3,(H,19,20,22). The van der Waals surface area contributed by atoms with Gasteiger partial charge in [-0.2, -0.15) is 0 Å². The maximum atomic E-state index is 12.8. The fourth-order valence-electron chi connectivity index (χ4n) is 2.55. The second kappa shape index (κ2) is 6.08. The van der Waals surface area contributed by atoms with Crippen LogP contribution in [0, 0.1) is 0 Å². The van der Waals surface area contributed by atoms with Gasteiger partial charge in [0.25, 0.3) is 5.56 Å². The van der Waals surface area contributed by atoms with Crippen molar-refractivity contribution in [2.75, 3.05) is 7.11 Å². The molecule has 3 aromatic rings. The Balaban J connectivity index is 2.27. The number of aromatic nitrogens is 3. The van der Waals surface area contributed by atoms with E-state index in [0.29, 0.717) is 17.0 Å². The van der Waals surface area contributed by atoms with Crippen LogP contribution in [0.15, 0.2) is 41.6 Å². The lowest BCUT2D eigenvalue weighted by Gasteiger charge is -2.20. The monoisotopic (exact) mass is 341 g/mol. The van der Waals surface area contributed by atoms with Gasteiger partial charge in [0.1, 0.15) is 11.4 Å². The first-order chi connectivity index (χ1) is 11.8. The average Bonchev–Trinajstić information content (AvgIpc) is 2.91. The SMILES string of the molecule is COc1ccc2c(c1)cc(-c1cnc[nH]c1=O)n2C(=O)OC(C)(C)C. The highest BCUT2D eigenvalue weighted by atomic mass is 16.6. The summed E-state index contributed by atoms with van der Waals surface area (Å²) in [6.07, 6.45) is 2.16. The molecule has 0 aliphatic carbocycles. The molecule has 0 radical (unpaired) electrons. The molecule has 3 rings (SSSR count). The highest BCUT2D eigenvalue weighted by Gasteiger charge is 2.24. The number of carbonyl (C=O) groups excluding carboxylic acids is 1. The zero-order valence-corrected chi connectivity index (χ0v) is 14.5. The third-order valence-electron chi connectivity index (χ3n) is 3.58. The van der Waals surface area contributed by atoms with Crippen molar-refractivity contribution in [2.24, 2.45) is 0 Å². The second-order valence-corrected chi connectivity index (χ2v) is 6.56. The third-order valence-corrected chi connectivity index (χ3v) is 3.58. The van der Waals surface area contributed by atoms with E-state index in [0.717, 1.165) is 5.39 Å². The van der Waals surface area contributed by atoms with Crippen LogP contribution in [0.4, 0.5) is 4.79 Å². The summed E-state index contributed by atoms with van der Waals surface area (Å²) in [4.78, 5) is 31.4. The number of methoxy groups -OCH3 is 1. The van der Waals surface area contributed by atoms with Gasteiger partial charge in [-0.3, -0.25) is 4.79 Å². The van der Waals surface area contributed by atoms with Crippen molar-refractivity contribution in [1.29, 1.82) is 0 Å². The quantitative estimate of drug-likeness (QED) is 0.773. The molecule has 0 saturated carbocycles. The number of rotatable bonds is 2. The molecule has 0 amide bonds. The van der Waals surface area contributed by atoms with Crippen molar-refractivity contribution in [3.63, 3.8) is 0 Å². The molecule has 130 valence electrons. The zero-order valence-electron chi connectivity index (χ0n) is 14.5. The van der Waals surface area contributed by atoms with Crippen molar-refractivity contribution in [2.45, 2.75) is 26.4 Å². The molecule has 1 aromatic carbocycles. The Labute approximate surface area is 144 Å². The van der Waals surface area contributed by atoms with Gasteiger partial charge in [-0.15, -0.1) is 0 Å². The molecule has 2 heterocycles. The van der Waals surface area contributed by atoms with Gasteiger partial charge in [-0.25, -0.2) is 14.3 Å². The summed E-state index contributed by atoms with van der Waals surface area (Å²) in [5, 5.41) is 0.753. The predicted molar refractivity (Wildman–Crippen MR) is 94.0 cm³/mol. The van der Waals surface area contributed by atoms with E-state index >= 15 is 0 Å². The lowest BCUT2D eigenvalue weighted by Crippen LogP contribution is -2.28. The van der Waals surface area contributed by atoms with Gasteiger partial charge in [0.05, 0.1) is 30.2 Å². The van der Waals surface area contributed by atoms with Crippen LogP contribution in [0.5, 0.6) is 5.75 Å². The van der Waals surface area contributed by atoms with Gasteiger partial charge in [0.2, 0.25) is 0 Å². The Hall–Kier alpha value is -3.09. The normalized spacial score (nSPS) is 11.5. The molecule has 0 aliphatic rings. The van der Waals surface area contributed by atoms with Gasteiger partial charge in [-0.05, 0) is 45.0 Å². The lowest BCUT2D eigenvalue weighted by atomic mass is 10.2. The van der Waals surface area contributed by atoms with Gasteiger partial charge in [-0.1, -0.05) is 0 Å². The van der Waals surface area contributed by atoms with E-state index in [1.54, 1.807) is 52.1 Å². The Morgan fingerprint density at radius 2 is 2.00 bits per heavy atom. The molecule has 2 aromatic heterocycles. The van der Waals surface area contributed by atoms with Gasteiger partial charge < -0.3 is 14.5 Å². The van der Waals surface area contributed by atoms with E-state index in [2.05, 4.69) is 9.97 Å². The molecule has 0 bridgehead atoms. The molecule has 0 aliphatic heterocycles. The molecule has 0 unspecified atom stereocenters. The van der Waals surface area contributed by atoms with Crippen molar-refractivity contribution >= 4 is 17.0 Å². The summed E-state index contributed by atoms with van der Waals surface area (Å²) in [5.74, 6) is 0.653. The molecule has 1 N–H and O–H groups in total. The second-order valence-electron chi connectivity index (χ2n) is 6.56. The number of carbonyl (C=O) groups is 1. The summed E-state index contributed by atoms with van der Waals surface area (Å²) in [6, 6.07) is 7.05. The van der Waals surface area contributed by atoms with Crippen LogP contribution in [-0.4, -0.2) is 33.3 Å². The fraction of sp³-hybridized carbons (Fsp3) is 0.278. The van der Waals surface area contributed by atoms with Gasteiger partial charge >= 0.3 is 6.09 Å². The van der Waals surface area contributed by atoms with Crippen molar-refractivity contribution in [1.82, 2.24) is 14.5 Å². The highest BCUT2D eigenvalue weighted by Crippen LogP contribution is 2.30. The largest absolute Gasteiger partial charge is 0.497 e. The number of hydrogen-bond donors (Lipinski definition) is 1. The Morgan fingerprint density at radius 3 is 2.64 bits per heavy atom. The van der Waals surface area contributed by atoms with Crippen molar-refractivity contribution in [3.8, 4) is 17.0 Å². The Morgan fingerprint density at radius 1 is 1.24 bits per heavy atom. The average molecular weight is 341 g/mol. The summed E-state index contributed by atoms with van der Waals surface area (Å²) in [5.41, 5.74) is 0.303. The van der Waals surface area contributed by atoms with Crippen molar-refractivity contribution in [3.05, 3.63) is 47.1 Å². The predicted octanol–water partition coefficient (Wildman–Crippen LogP) is 3.18. The van der Waals surface area contributed by atoms with E-state index in [9.17, 15) is 9.59 Å². The van der Waals surface area contributed by atoms with Crippen molar-refractivity contribution < 1.29 is 14.3 Å². The molecular weight excluding hydrogens is 322 g/mol. The molecular formula is C18H19N3O4. The number of benzene rings is 1. The van der Waals surface area contributed by atoms with E-state index in [1.807, 2.05) is 0 Å². The lowest BCUT2D eigenvalue weighted by molar-refractivity contribution is 0.0547. The molecule has 0 spiro atoms. The summed E-state index contributed by atoms with van der Waals surface area (Å²) < 4.78 is 12.1. The number of nitrogens with zero attached hydrogens (tertiary/aromatic N) is 2. The Kier molecular flexibility index (Phi) is 4.08. The van der Waals surface area contributed by atoms with Crippen LogP contribution in [-0.2, 0) is 4.74 Å². The number of nitrogens with one attached hydrogen (secondary N) is 1. The number of ether oxygens (including phenoxy) is 2. The molecule has 25 heavy (non-hydrogen) atoms. The molecule has 0 saturated heterocycles. The minimum atomic E-state index is -0.668. The summed E-state index contributed by atoms with van der Waals surface area (Å²) >= 11 is 0. The maximum Gasteiger partial charge on any atom is 0.419 e. The number of fused-ring (bicyclic) bond motifs is 1. The first kappa shape index (κ1) is 16.8. The topological polar surface area (TPSA) is 86.2 Å². The van der Waals surface area contributed by atoms with Crippen LogP contribution < -0.4 is 10.3 Å². The zero-order chi connectivity index (χ0) is 18.2. The molecule has 7 heteroatoms.